The molecule has 1 aliphatic heterocycles. The third kappa shape index (κ3) is 3.53. The highest BCUT2D eigenvalue weighted by Gasteiger charge is 2.18. The van der Waals surface area contributed by atoms with Crippen LogP contribution in [0.2, 0.25) is 0 Å². The lowest BCUT2D eigenvalue weighted by Crippen LogP contribution is -2.17. The second-order valence-corrected chi connectivity index (χ2v) is 5.75. The van der Waals surface area contributed by atoms with Gasteiger partial charge in [0.05, 0.1) is 13.2 Å². The van der Waals surface area contributed by atoms with Gasteiger partial charge >= 0.3 is 0 Å². The molecule has 110 valence electrons. The fraction of sp³-hybridized carbons (Fsp3) is 0.385. The van der Waals surface area contributed by atoms with E-state index < -0.39 is 0 Å². The number of nitrogens with zero attached hydrogens (tertiary/aromatic N) is 3. The molecule has 1 N–H and O–H groups in total. The fourth-order valence-corrected chi connectivity index (χ4v) is 2.49. The number of pyridine rings is 1. The number of anilines is 1. The molecule has 1 amide bonds. The first kappa shape index (κ1) is 13.9. The monoisotopic (exact) mass is 306 g/mol. The van der Waals surface area contributed by atoms with E-state index in [2.05, 4.69) is 20.5 Å². The van der Waals surface area contributed by atoms with Crippen molar-refractivity contribution >= 4 is 22.4 Å². The van der Waals surface area contributed by atoms with Crippen LogP contribution in [0, 0.1) is 6.92 Å². The topological polar surface area (TPSA) is 86.2 Å². The average molecular weight is 306 g/mol. The Balaban J connectivity index is 1.68. The van der Waals surface area contributed by atoms with Crippen molar-refractivity contribution in [3.8, 4) is 5.88 Å². The summed E-state index contributed by atoms with van der Waals surface area (Å²) in [7, 11) is 0. The van der Waals surface area contributed by atoms with Crippen molar-refractivity contribution in [2.45, 2.75) is 19.4 Å². The van der Waals surface area contributed by atoms with Gasteiger partial charge in [-0.3, -0.25) is 10.1 Å². The second kappa shape index (κ2) is 6.15. The maximum absolute atomic E-state index is 12.1. The van der Waals surface area contributed by atoms with Crippen molar-refractivity contribution < 1.29 is 14.3 Å². The van der Waals surface area contributed by atoms with Gasteiger partial charge < -0.3 is 9.47 Å². The molecule has 0 aromatic carbocycles. The van der Waals surface area contributed by atoms with Crippen LogP contribution >= 0.6 is 11.3 Å². The minimum Gasteiger partial charge on any atom is -0.472 e. The average Bonchev–Trinajstić information content (AvgIpc) is 3.11. The lowest BCUT2D eigenvalue weighted by Gasteiger charge is -2.11. The van der Waals surface area contributed by atoms with E-state index in [1.165, 1.54) is 11.3 Å². The van der Waals surface area contributed by atoms with E-state index in [1.807, 2.05) is 6.92 Å². The van der Waals surface area contributed by atoms with Crippen LogP contribution in [0.25, 0.3) is 0 Å². The summed E-state index contributed by atoms with van der Waals surface area (Å²) in [4.78, 5) is 16.2. The first-order chi connectivity index (χ1) is 10.2. The maximum Gasteiger partial charge on any atom is 0.257 e. The third-order valence-electron chi connectivity index (χ3n) is 2.92. The van der Waals surface area contributed by atoms with Crippen molar-refractivity contribution in [3.05, 3.63) is 28.9 Å². The van der Waals surface area contributed by atoms with Gasteiger partial charge in [0.15, 0.2) is 0 Å². The Morgan fingerprint density at radius 3 is 3.14 bits per heavy atom. The van der Waals surface area contributed by atoms with E-state index in [9.17, 15) is 4.79 Å². The van der Waals surface area contributed by atoms with E-state index in [1.54, 1.807) is 18.3 Å². The van der Waals surface area contributed by atoms with E-state index in [4.69, 9.17) is 9.47 Å². The second-order valence-electron chi connectivity index (χ2n) is 4.57. The molecule has 7 nitrogen and oxygen atoms in total. The Morgan fingerprint density at radius 2 is 2.43 bits per heavy atom. The number of aromatic nitrogens is 3. The molecule has 21 heavy (non-hydrogen) atoms. The van der Waals surface area contributed by atoms with Crippen molar-refractivity contribution in [2.75, 3.05) is 18.5 Å². The van der Waals surface area contributed by atoms with Crippen LogP contribution in [0.1, 0.15) is 21.8 Å². The van der Waals surface area contributed by atoms with Crippen LogP contribution in [0.4, 0.5) is 5.13 Å². The van der Waals surface area contributed by atoms with Crippen molar-refractivity contribution in [1.82, 2.24) is 15.2 Å². The van der Waals surface area contributed by atoms with Crippen LogP contribution in [-0.4, -0.2) is 40.4 Å². The summed E-state index contributed by atoms with van der Waals surface area (Å²) >= 11 is 1.32. The Labute approximate surface area is 125 Å². The highest BCUT2D eigenvalue weighted by Crippen LogP contribution is 2.18. The quantitative estimate of drug-likeness (QED) is 0.924. The summed E-state index contributed by atoms with van der Waals surface area (Å²) in [6, 6.07) is 3.24. The summed E-state index contributed by atoms with van der Waals surface area (Å²) in [5.74, 6) is 0.160. The maximum atomic E-state index is 12.1. The first-order valence-corrected chi connectivity index (χ1v) is 7.34. The van der Waals surface area contributed by atoms with Crippen molar-refractivity contribution in [1.29, 1.82) is 0 Å². The highest BCUT2D eigenvalue weighted by atomic mass is 32.1. The zero-order valence-electron chi connectivity index (χ0n) is 11.4. The predicted molar refractivity (Wildman–Crippen MR) is 76.7 cm³/mol. The molecule has 1 atom stereocenters. The van der Waals surface area contributed by atoms with Gasteiger partial charge in [-0.1, -0.05) is 11.3 Å². The number of nitrogens with one attached hydrogen (secondary N) is 1. The van der Waals surface area contributed by atoms with Gasteiger partial charge in [0.2, 0.25) is 11.0 Å². The molecule has 2 aromatic heterocycles. The van der Waals surface area contributed by atoms with Crippen LogP contribution in [0.15, 0.2) is 18.3 Å². The SMILES string of the molecule is Cc1nnc(NC(=O)c2ccnc(O[C@H]3CCOC3)c2)s1. The summed E-state index contributed by atoms with van der Waals surface area (Å²) in [6.07, 6.45) is 2.38. The Morgan fingerprint density at radius 1 is 1.52 bits per heavy atom. The number of rotatable bonds is 4. The van der Waals surface area contributed by atoms with Crippen LogP contribution < -0.4 is 10.1 Å². The zero-order valence-corrected chi connectivity index (χ0v) is 12.2. The number of carbonyl (C=O) groups is 1. The summed E-state index contributed by atoms with van der Waals surface area (Å²) in [6.45, 7) is 3.08. The molecule has 0 radical (unpaired) electrons. The lowest BCUT2D eigenvalue weighted by atomic mass is 10.2. The Kier molecular flexibility index (Phi) is 4.07. The molecule has 0 spiro atoms. The largest absolute Gasteiger partial charge is 0.472 e. The number of aryl methyl sites for hydroxylation is 1. The molecule has 3 heterocycles. The van der Waals surface area contributed by atoms with Gasteiger partial charge in [0.1, 0.15) is 11.1 Å². The molecule has 0 saturated carbocycles. The molecule has 1 saturated heterocycles. The van der Waals surface area contributed by atoms with E-state index in [-0.39, 0.29) is 12.0 Å². The zero-order chi connectivity index (χ0) is 14.7. The standard InChI is InChI=1S/C13H14N4O3S/c1-8-16-17-13(21-8)15-12(18)9-2-4-14-11(6-9)20-10-3-5-19-7-10/h2,4,6,10H,3,5,7H2,1H3,(H,15,17,18)/t10-/m0/s1. The van der Waals surface area contributed by atoms with E-state index in [0.29, 0.717) is 29.8 Å². The molecule has 3 rings (SSSR count). The van der Waals surface area contributed by atoms with Crippen LogP contribution in [0.3, 0.4) is 0 Å². The third-order valence-corrected chi connectivity index (χ3v) is 3.67. The molecule has 0 unspecified atom stereocenters. The number of hydrogen-bond donors (Lipinski definition) is 1. The number of ether oxygens (including phenoxy) is 2. The van der Waals surface area contributed by atoms with E-state index >= 15 is 0 Å². The molecular weight excluding hydrogens is 292 g/mol. The number of amides is 1. The van der Waals surface area contributed by atoms with Gasteiger partial charge in [-0.05, 0) is 13.0 Å². The van der Waals surface area contributed by atoms with Gasteiger partial charge in [-0.2, -0.15) is 0 Å². The minimum atomic E-state index is -0.263. The van der Waals surface area contributed by atoms with Crippen molar-refractivity contribution in [3.63, 3.8) is 0 Å². The molecule has 2 aromatic rings. The first-order valence-electron chi connectivity index (χ1n) is 6.52. The van der Waals surface area contributed by atoms with Gasteiger partial charge in [-0.15, -0.1) is 10.2 Å². The van der Waals surface area contributed by atoms with Crippen LogP contribution in [-0.2, 0) is 4.74 Å². The Hall–Kier alpha value is -2.06. The predicted octanol–water partition coefficient (Wildman–Crippen LogP) is 1.66. The molecule has 0 bridgehead atoms. The van der Waals surface area contributed by atoms with Crippen LogP contribution in [0.5, 0.6) is 5.88 Å². The summed E-state index contributed by atoms with van der Waals surface area (Å²) in [5, 5.41) is 11.7. The number of hydrogen-bond acceptors (Lipinski definition) is 7. The van der Waals surface area contributed by atoms with E-state index in [0.717, 1.165) is 11.4 Å². The minimum absolute atomic E-state index is 0.00150. The summed E-state index contributed by atoms with van der Waals surface area (Å²) < 4.78 is 10.9. The fourth-order valence-electron chi connectivity index (χ4n) is 1.91. The molecule has 1 fully saturated rings. The van der Waals surface area contributed by atoms with Gasteiger partial charge in [-0.25, -0.2) is 4.98 Å². The lowest BCUT2D eigenvalue weighted by molar-refractivity contribution is 0.102. The smallest absolute Gasteiger partial charge is 0.257 e. The van der Waals surface area contributed by atoms with Gasteiger partial charge in [0, 0.05) is 24.2 Å². The summed E-state index contributed by atoms with van der Waals surface area (Å²) in [5.41, 5.74) is 0.465. The molecule has 8 heteroatoms. The Bertz CT molecular complexity index is 640. The molecule has 1 aliphatic rings. The normalized spacial score (nSPS) is 17.7. The molecule has 0 aliphatic carbocycles. The molecular formula is C13H14N4O3S. The highest BCUT2D eigenvalue weighted by molar-refractivity contribution is 7.15. The van der Waals surface area contributed by atoms with Crippen molar-refractivity contribution in [2.24, 2.45) is 0 Å². The number of carbonyl (C=O) groups excluding carboxylic acids is 1. The van der Waals surface area contributed by atoms with Gasteiger partial charge in [0.25, 0.3) is 5.91 Å².